The van der Waals surface area contributed by atoms with Crippen LogP contribution in [0.15, 0.2) is 48.9 Å². The number of aliphatic hydroxyl groups is 1. The number of nitrogens with one attached hydrogen (secondary N) is 2. The lowest BCUT2D eigenvalue weighted by atomic mass is 9.93. The smallest absolute Gasteiger partial charge is 0.223 e. The fourth-order valence-corrected chi connectivity index (χ4v) is 3.93. The maximum absolute atomic E-state index is 9.87. The number of nitrogens with zero attached hydrogens (tertiary/aromatic N) is 3. The van der Waals surface area contributed by atoms with Gasteiger partial charge in [-0.25, -0.2) is 15.0 Å². The van der Waals surface area contributed by atoms with Gasteiger partial charge >= 0.3 is 0 Å². The van der Waals surface area contributed by atoms with Crippen LogP contribution in [0.5, 0.6) is 0 Å². The van der Waals surface area contributed by atoms with E-state index in [9.17, 15) is 5.11 Å². The van der Waals surface area contributed by atoms with Gasteiger partial charge in [-0.3, -0.25) is 0 Å². The first-order chi connectivity index (χ1) is 13.3. The molecule has 1 saturated carbocycles. The molecule has 2 atom stereocenters. The third kappa shape index (κ3) is 3.13. The van der Waals surface area contributed by atoms with Crippen LogP contribution in [0.3, 0.4) is 0 Å². The molecule has 1 aromatic carbocycles. The Labute approximate surface area is 156 Å². The Morgan fingerprint density at radius 1 is 1.15 bits per heavy atom. The predicted octanol–water partition coefficient (Wildman–Crippen LogP) is 3.89. The fraction of sp³-hybridized carbons (Fsp3) is 0.286. The molecule has 136 valence electrons. The van der Waals surface area contributed by atoms with Crippen molar-refractivity contribution in [2.24, 2.45) is 0 Å². The number of aromatic nitrogens is 4. The lowest BCUT2D eigenvalue weighted by Crippen LogP contribution is -2.30. The SMILES string of the molecule is O[C@@H]1CCC[C@@H](Nc2ncc3ccc(-c4c[nH]c5ncccc45)cc3n2)C1. The maximum Gasteiger partial charge on any atom is 0.223 e. The topological polar surface area (TPSA) is 86.7 Å². The molecule has 0 bridgehead atoms. The van der Waals surface area contributed by atoms with E-state index in [4.69, 9.17) is 4.98 Å². The van der Waals surface area contributed by atoms with Crippen LogP contribution < -0.4 is 5.32 Å². The summed E-state index contributed by atoms with van der Waals surface area (Å²) in [5.41, 5.74) is 4.00. The molecule has 1 aliphatic rings. The molecule has 3 heterocycles. The molecule has 0 radical (unpaired) electrons. The molecule has 0 amide bonds. The van der Waals surface area contributed by atoms with E-state index in [-0.39, 0.29) is 12.1 Å². The Morgan fingerprint density at radius 3 is 3.04 bits per heavy atom. The summed E-state index contributed by atoms with van der Waals surface area (Å²) in [7, 11) is 0. The van der Waals surface area contributed by atoms with Gasteiger partial charge in [-0.15, -0.1) is 0 Å². The normalized spacial score (nSPS) is 20.2. The highest BCUT2D eigenvalue weighted by Crippen LogP contribution is 2.30. The summed E-state index contributed by atoms with van der Waals surface area (Å²) in [5, 5.41) is 15.4. The second-order valence-electron chi connectivity index (χ2n) is 7.23. The summed E-state index contributed by atoms with van der Waals surface area (Å²) in [5.74, 6) is 0.624. The second-order valence-corrected chi connectivity index (χ2v) is 7.23. The van der Waals surface area contributed by atoms with Crippen LogP contribution in [0.2, 0.25) is 0 Å². The number of fused-ring (bicyclic) bond motifs is 2. The number of hydrogen-bond acceptors (Lipinski definition) is 5. The van der Waals surface area contributed by atoms with Crippen molar-refractivity contribution in [1.82, 2.24) is 19.9 Å². The number of H-pyrrole nitrogens is 1. The number of aliphatic hydroxyl groups excluding tert-OH is 1. The van der Waals surface area contributed by atoms with Gasteiger partial charge in [0.25, 0.3) is 0 Å². The van der Waals surface area contributed by atoms with Crippen molar-refractivity contribution in [3.63, 3.8) is 0 Å². The van der Waals surface area contributed by atoms with E-state index in [1.807, 2.05) is 24.5 Å². The molecule has 27 heavy (non-hydrogen) atoms. The van der Waals surface area contributed by atoms with Crippen LogP contribution in [0.4, 0.5) is 5.95 Å². The molecule has 1 fully saturated rings. The molecule has 5 rings (SSSR count). The van der Waals surface area contributed by atoms with Gasteiger partial charge in [-0.05, 0) is 49.4 Å². The average Bonchev–Trinajstić information content (AvgIpc) is 3.12. The van der Waals surface area contributed by atoms with Crippen molar-refractivity contribution in [2.45, 2.75) is 37.8 Å². The van der Waals surface area contributed by atoms with Crippen molar-refractivity contribution in [2.75, 3.05) is 5.32 Å². The maximum atomic E-state index is 9.87. The van der Waals surface area contributed by atoms with Gasteiger partial charge in [0.05, 0.1) is 11.6 Å². The highest BCUT2D eigenvalue weighted by atomic mass is 16.3. The summed E-state index contributed by atoms with van der Waals surface area (Å²) < 4.78 is 0. The van der Waals surface area contributed by atoms with Crippen LogP contribution in [0, 0.1) is 0 Å². The van der Waals surface area contributed by atoms with E-state index < -0.39 is 0 Å². The van der Waals surface area contributed by atoms with Crippen molar-refractivity contribution in [3.8, 4) is 11.1 Å². The third-order valence-corrected chi connectivity index (χ3v) is 5.32. The molecule has 6 heteroatoms. The molecule has 1 aliphatic carbocycles. The highest BCUT2D eigenvalue weighted by molar-refractivity contribution is 5.96. The molecule has 3 aromatic heterocycles. The van der Waals surface area contributed by atoms with Crippen LogP contribution in [0.25, 0.3) is 33.1 Å². The Bertz CT molecular complexity index is 1110. The number of pyridine rings is 1. The van der Waals surface area contributed by atoms with E-state index in [2.05, 4.69) is 38.5 Å². The van der Waals surface area contributed by atoms with Crippen LogP contribution in [0.1, 0.15) is 25.7 Å². The minimum Gasteiger partial charge on any atom is -0.393 e. The van der Waals surface area contributed by atoms with Crippen LogP contribution in [-0.2, 0) is 0 Å². The first-order valence-electron chi connectivity index (χ1n) is 9.40. The highest BCUT2D eigenvalue weighted by Gasteiger charge is 2.20. The van der Waals surface area contributed by atoms with Gasteiger partial charge in [0.15, 0.2) is 0 Å². The van der Waals surface area contributed by atoms with Gasteiger partial charge in [0, 0.05) is 41.0 Å². The number of benzene rings is 1. The first kappa shape index (κ1) is 16.2. The molecular formula is C21H21N5O. The van der Waals surface area contributed by atoms with Gasteiger partial charge in [0.1, 0.15) is 5.65 Å². The molecule has 4 aromatic rings. The zero-order chi connectivity index (χ0) is 18.2. The van der Waals surface area contributed by atoms with E-state index in [0.717, 1.165) is 58.7 Å². The van der Waals surface area contributed by atoms with Crippen LogP contribution >= 0.6 is 0 Å². The van der Waals surface area contributed by atoms with Crippen molar-refractivity contribution >= 4 is 27.9 Å². The zero-order valence-electron chi connectivity index (χ0n) is 14.9. The van der Waals surface area contributed by atoms with Gasteiger partial charge in [-0.1, -0.05) is 12.1 Å². The molecule has 6 nitrogen and oxygen atoms in total. The minimum absolute atomic E-state index is 0.223. The number of aromatic amines is 1. The Balaban J connectivity index is 1.49. The first-order valence-corrected chi connectivity index (χ1v) is 9.40. The lowest BCUT2D eigenvalue weighted by molar-refractivity contribution is 0.124. The second kappa shape index (κ2) is 6.63. The number of rotatable bonds is 3. The van der Waals surface area contributed by atoms with Gasteiger partial charge < -0.3 is 15.4 Å². The fourth-order valence-electron chi connectivity index (χ4n) is 3.93. The Hall–Kier alpha value is -2.99. The number of anilines is 1. The molecule has 0 spiro atoms. The summed E-state index contributed by atoms with van der Waals surface area (Å²) in [6.07, 6.45) is 9.12. The monoisotopic (exact) mass is 359 g/mol. The van der Waals surface area contributed by atoms with E-state index >= 15 is 0 Å². The van der Waals surface area contributed by atoms with E-state index in [0.29, 0.717) is 5.95 Å². The summed E-state index contributed by atoms with van der Waals surface area (Å²) in [4.78, 5) is 16.8. The zero-order valence-corrected chi connectivity index (χ0v) is 14.9. The van der Waals surface area contributed by atoms with Crippen molar-refractivity contribution in [3.05, 3.63) is 48.9 Å². The molecule has 0 aliphatic heterocycles. The molecule has 0 saturated heterocycles. The van der Waals surface area contributed by atoms with Crippen molar-refractivity contribution in [1.29, 1.82) is 0 Å². The largest absolute Gasteiger partial charge is 0.393 e. The van der Waals surface area contributed by atoms with Crippen molar-refractivity contribution < 1.29 is 5.11 Å². The summed E-state index contributed by atoms with van der Waals surface area (Å²) in [6.45, 7) is 0. The van der Waals surface area contributed by atoms with E-state index in [1.54, 1.807) is 6.20 Å². The lowest BCUT2D eigenvalue weighted by Gasteiger charge is -2.26. The van der Waals surface area contributed by atoms with Gasteiger partial charge in [-0.2, -0.15) is 0 Å². The van der Waals surface area contributed by atoms with Crippen LogP contribution in [-0.4, -0.2) is 37.2 Å². The average molecular weight is 359 g/mol. The summed E-state index contributed by atoms with van der Waals surface area (Å²) >= 11 is 0. The summed E-state index contributed by atoms with van der Waals surface area (Å²) in [6, 6.07) is 10.5. The predicted molar refractivity (Wildman–Crippen MR) is 107 cm³/mol. The molecular weight excluding hydrogens is 338 g/mol. The quantitative estimate of drug-likeness (QED) is 0.517. The molecule has 3 N–H and O–H groups in total. The Morgan fingerprint density at radius 2 is 2.11 bits per heavy atom. The van der Waals surface area contributed by atoms with E-state index in [1.165, 1.54) is 0 Å². The van der Waals surface area contributed by atoms with Gasteiger partial charge in [0.2, 0.25) is 5.95 Å². The minimum atomic E-state index is -0.223. The Kier molecular flexibility index (Phi) is 3.98. The number of hydrogen-bond donors (Lipinski definition) is 3. The molecule has 0 unspecified atom stereocenters. The third-order valence-electron chi connectivity index (χ3n) is 5.32. The standard InChI is InChI=1S/C21H21N5O/c27-16-4-1-3-15(10-16)25-21-24-11-14-7-6-13(9-19(14)26-21)18-12-23-20-17(18)5-2-8-22-20/h2,5-9,11-12,15-16,27H,1,3-4,10H2,(H,22,23)(H,24,25,26)/t15-,16-/m1/s1.